The summed E-state index contributed by atoms with van der Waals surface area (Å²) in [5.41, 5.74) is 1.11. The Morgan fingerprint density at radius 1 is 1.07 bits per heavy atom. The first kappa shape index (κ1) is 21.2. The van der Waals surface area contributed by atoms with Crippen molar-refractivity contribution in [3.05, 3.63) is 65.2 Å². The predicted molar refractivity (Wildman–Crippen MR) is 109 cm³/mol. The van der Waals surface area contributed by atoms with Crippen molar-refractivity contribution in [2.24, 2.45) is 0 Å². The van der Waals surface area contributed by atoms with Gasteiger partial charge in [-0.15, -0.1) is 0 Å². The third kappa shape index (κ3) is 6.27. The first-order valence-electron chi connectivity index (χ1n) is 9.21. The number of phenolic OH excluding ortho intramolecular Hbond substituents is 1. The summed E-state index contributed by atoms with van der Waals surface area (Å²) in [6.07, 6.45) is 3.79. The molecule has 5 nitrogen and oxygen atoms in total. The van der Waals surface area contributed by atoms with E-state index in [1.807, 2.05) is 6.92 Å². The first-order valence-corrected chi connectivity index (χ1v) is 9.21. The van der Waals surface area contributed by atoms with Gasteiger partial charge in [0.15, 0.2) is 5.78 Å². The first-order chi connectivity index (χ1) is 13.2. The van der Waals surface area contributed by atoms with Crippen LogP contribution < -0.4 is 4.74 Å². The fourth-order valence-corrected chi connectivity index (χ4v) is 2.43. The Morgan fingerprint density at radius 2 is 1.75 bits per heavy atom. The van der Waals surface area contributed by atoms with Crippen molar-refractivity contribution < 1.29 is 24.2 Å². The Morgan fingerprint density at radius 3 is 2.36 bits per heavy atom. The fourth-order valence-electron chi connectivity index (χ4n) is 2.43. The van der Waals surface area contributed by atoms with Crippen LogP contribution in [0.3, 0.4) is 0 Å². The van der Waals surface area contributed by atoms with Crippen molar-refractivity contribution >= 4 is 17.8 Å². The molecule has 0 spiro atoms. The second-order valence-corrected chi connectivity index (χ2v) is 7.35. The minimum Gasteiger partial charge on any atom is -0.508 e. The quantitative estimate of drug-likeness (QED) is 0.424. The topological polar surface area (TPSA) is 72.8 Å². The lowest BCUT2D eigenvalue weighted by atomic mass is 10.0. The molecule has 0 bridgehead atoms. The molecule has 0 aliphatic rings. The van der Waals surface area contributed by atoms with Crippen LogP contribution in [0.25, 0.3) is 6.08 Å². The van der Waals surface area contributed by atoms with Crippen molar-refractivity contribution in [2.45, 2.75) is 39.7 Å². The highest BCUT2D eigenvalue weighted by Crippen LogP contribution is 2.27. The summed E-state index contributed by atoms with van der Waals surface area (Å²) in [7, 11) is 0. The number of esters is 1. The number of benzene rings is 2. The molecule has 0 saturated carbocycles. The highest BCUT2D eigenvalue weighted by atomic mass is 16.6. The van der Waals surface area contributed by atoms with Gasteiger partial charge in [0.2, 0.25) is 0 Å². The van der Waals surface area contributed by atoms with E-state index in [0.29, 0.717) is 23.5 Å². The number of rotatable bonds is 7. The van der Waals surface area contributed by atoms with E-state index in [0.717, 1.165) is 12.0 Å². The van der Waals surface area contributed by atoms with Crippen molar-refractivity contribution in [2.75, 3.05) is 6.61 Å². The molecular formula is C23H26O5. The minimum absolute atomic E-state index is 0.0466. The van der Waals surface area contributed by atoms with Crippen LogP contribution in [0, 0.1) is 0 Å². The van der Waals surface area contributed by atoms with E-state index in [1.54, 1.807) is 57.2 Å². The van der Waals surface area contributed by atoms with Gasteiger partial charge in [-0.3, -0.25) is 4.79 Å². The van der Waals surface area contributed by atoms with Crippen molar-refractivity contribution in [1.29, 1.82) is 0 Å². The summed E-state index contributed by atoms with van der Waals surface area (Å²) in [4.78, 5) is 24.6. The van der Waals surface area contributed by atoms with Crippen LogP contribution in [-0.4, -0.2) is 29.1 Å². The maximum absolute atomic E-state index is 12.8. The Bertz CT molecular complexity index is 858. The molecule has 0 amide bonds. The second kappa shape index (κ2) is 9.22. The highest BCUT2D eigenvalue weighted by molar-refractivity contribution is 6.10. The van der Waals surface area contributed by atoms with E-state index >= 15 is 0 Å². The third-order valence-corrected chi connectivity index (χ3v) is 3.66. The number of carbonyl (C=O) groups excluding carboxylic acids is 2. The molecule has 0 radical (unpaired) electrons. The van der Waals surface area contributed by atoms with Crippen LogP contribution in [0.1, 0.15) is 55.6 Å². The molecule has 0 unspecified atom stereocenters. The summed E-state index contributed by atoms with van der Waals surface area (Å²) in [6.45, 7) is 7.84. The Kier molecular flexibility index (Phi) is 6.99. The molecular weight excluding hydrogens is 356 g/mol. The summed E-state index contributed by atoms with van der Waals surface area (Å²) in [6, 6.07) is 11.3. The van der Waals surface area contributed by atoms with Gasteiger partial charge in [0, 0.05) is 17.7 Å². The number of hydrogen-bond acceptors (Lipinski definition) is 5. The van der Waals surface area contributed by atoms with Crippen LogP contribution in [0.4, 0.5) is 0 Å². The second-order valence-electron chi connectivity index (χ2n) is 7.35. The molecule has 5 heteroatoms. The predicted octanol–water partition coefficient (Wildman–Crippen LogP) is 4.77. The lowest BCUT2D eigenvalue weighted by Crippen LogP contribution is -2.22. The molecule has 148 valence electrons. The van der Waals surface area contributed by atoms with Gasteiger partial charge >= 0.3 is 5.97 Å². The van der Waals surface area contributed by atoms with E-state index in [2.05, 4.69) is 0 Å². The summed E-state index contributed by atoms with van der Waals surface area (Å²) in [5, 5.41) is 9.66. The summed E-state index contributed by atoms with van der Waals surface area (Å²) < 4.78 is 10.8. The van der Waals surface area contributed by atoms with E-state index in [1.165, 1.54) is 18.2 Å². The largest absolute Gasteiger partial charge is 0.508 e. The highest BCUT2D eigenvalue weighted by Gasteiger charge is 2.16. The average Bonchev–Trinajstić information content (AvgIpc) is 2.63. The number of carbonyl (C=O) groups is 2. The van der Waals surface area contributed by atoms with Crippen LogP contribution in [-0.2, 0) is 9.53 Å². The molecule has 2 aromatic carbocycles. The minimum atomic E-state index is -0.542. The molecule has 0 aromatic heterocycles. The number of ether oxygens (including phenoxy) is 2. The Balaban J connectivity index is 2.15. The van der Waals surface area contributed by atoms with Gasteiger partial charge in [-0.1, -0.05) is 31.2 Å². The maximum Gasteiger partial charge on any atom is 0.331 e. The van der Waals surface area contributed by atoms with Gasteiger partial charge in [0.25, 0.3) is 0 Å². The van der Waals surface area contributed by atoms with Crippen molar-refractivity contribution in [1.82, 2.24) is 0 Å². The van der Waals surface area contributed by atoms with Crippen LogP contribution >= 0.6 is 0 Å². The smallest absolute Gasteiger partial charge is 0.331 e. The van der Waals surface area contributed by atoms with E-state index < -0.39 is 11.6 Å². The molecule has 28 heavy (non-hydrogen) atoms. The molecule has 0 aliphatic heterocycles. The Labute approximate surface area is 165 Å². The molecule has 1 N–H and O–H groups in total. The van der Waals surface area contributed by atoms with Crippen molar-refractivity contribution in [3.63, 3.8) is 0 Å². The standard InChI is InChI=1S/C23H26O5/c1-5-14-27-20-15-18(24)11-12-19(20)22(26)17-9-6-16(7-10-17)8-13-21(25)28-23(2,3)4/h6-13,15,24H,5,14H2,1-4H3. The van der Waals surface area contributed by atoms with Gasteiger partial charge < -0.3 is 14.6 Å². The number of hydrogen-bond donors (Lipinski definition) is 1. The SMILES string of the molecule is CCCOc1cc(O)ccc1C(=O)c1ccc(C=CC(=O)OC(C)(C)C)cc1. The average molecular weight is 382 g/mol. The molecule has 0 saturated heterocycles. The van der Waals surface area contributed by atoms with Gasteiger partial charge in [-0.25, -0.2) is 4.79 Å². The Hall–Kier alpha value is -3.08. The van der Waals surface area contributed by atoms with E-state index in [9.17, 15) is 14.7 Å². The molecule has 0 heterocycles. The third-order valence-electron chi connectivity index (χ3n) is 3.66. The number of ketones is 1. The normalized spacial score (nSPS) is 11.4. The maximum atomic E-state index is 12.8. The summed E-state index contributed by atoms with van der Waals surface area (Å²) in [5.74, 6) is -0.214. The lowest BCUT2D eigenvalue weighted by Gasteiger charge is -2.17. The van der Waals surface area contributed by atoms with Crippen LogP contribution in [0.5, 0.6) is 11.5 Å². The molecule has 0 aliphatic carbocycles. The zero-order chi connectivity index (χ0) is 20.7. The zero-order valence-electron chi connectivity index (χ0n) is 16.7. The molecule has 2 aromatic rings. The van der Waals surface area contributed by atoms with Crippen LogP contribution in [0.15, 0.2) is 48.5 Å². The van der Waals surface area contributed by atoms with E-state index in [4.69, 9.17) is 9.47 Å². The number of aromatic hydroxyl groups is 1. The van der Waals surface area contributed by atoms with E-state index in [-0.39, 0.29) is 11.5 Å². The van der Waals surface area contributed by atoms with Crippen LogP contribution in [0.2, 0.25) is 0 Å². The van der Waals surface area contributed by atoms with Gasteiger partial charge in [0.05, 0.1) is 12.2 Å². The zero-order valence-corrected chi connectivity index (χ0v) is 16.7. The van der Waals surface area contributed by atoms with Gasteiger partial charge in [0.1, 0.15) is 17.1 Å². The number of phenols is 1. The van der Waals surface area contributed by atoms with Crippen molar-refractivity contribution in [3.8, 4) is 11.5 Å². The fraction of sp³-hybridized carbons (Fsp3) is 0.304. The summed E-state index contributed by atoms with van der Waals surface area (Å²) >= 11 is 0. The monoisotopic (exact) mass is 382 g/mol. The molecule has 2 rings (SSSR count). The molecule has 0 atom stereocenters. The lowest BCUT2D eigenvalue weighted by molar-refractivity contribution is -0.148. The molecule has 0 fully saturated rings. The van der Waals surface area contributed by atoms with Gasteiger partial charge in [-0.2, -0.15) is 0 Å². The van der Waals surface area contributed by atoms with Gasteiger partial charge in [-0.05, 0) is 51.0 Å².